The molecule has 6 heteroatoms. The number of rotatable bonds is 2. The van der Waals surface area contributed by atoms with Crippen LogP contribution in [0.2, 0.25) is 0 Å². The maximum atomic E-state index is 11.0. The highest BCUT2D eigenvalue weighted by atomic mass is 79.9. The van der Waals surface area contributed by atoms with Crippen LogP contribution in [0.15, 0.2) is 12.4 Å². The summed E-state index contributed by atoms with van der Waals surface area (Å²) in [6, 6.07) is 0. The quantitative estimate of drug-likeness (QED) is 0.608. The number of halogens is 1. The Balaban J connectivity index is 3.04. The van der Waals surface area contributed by atoms with Crippen molar-refractivity contribution < 1.29 is 9.53 Å². The van der Waals surface area contributed by atoms with Crippen molar-refractivity contribution >= 4 is 27.9 Å². The van der Waals surface area contributed by atoms with Gasteiger partial charge in [-0.15, -0.1) is 0 Å². The van der Waals surface area contributed by atoms with Crippen LogP contribution in [0.4, 0.5) is 5.82 Å². The zero-order valence-corrected chi connectivity index (χ0v) is 7.83. The molecule has 5 nitrogen and oxygen atoms in total. The van der Waals surface area contributed by atoms with Crippen molar-refractivity contribution in [1.82, 2.24) is 9.97 Å². The molecule has 0 saturated heterocycles. The van der Waals surface area contributed by atoms with E-state index in [1.54, 1.807) is 0 Å². The third kappa shape index (κ3) is 1.70. The molecule has 0 amide bonds. The number of carbonyl (C=O) groups is 1. The number of aromatic nitrogens is 2. The lowest BCUT2D eigenvalue weighted by Gasteiger charge is -2.01. The first kappa shape index (κ1) is 8.92. The summed E-state index contributed by atoms with van der Waals surface area (Å²) in [7, 11) is 1.29. The molecule has 1 rings (SSSR count). The second-order valence-corrected chi connectivity index (χ2v) is 2.24. The SMILES string of the molecule is COC(=O)c1nccnc1NBr. The highest BCUT2D eigenvalue weighted by Gasteiger charge is 2.12. The predicted octanol–water partition coefficient (Wildman–Crippen LogP) is 0.985. The summed E-state index contributed by atoms with van der Waals surface area (Å²) in [5.74, 6) is -0.186. The Morgan fingerprint density at radius 3 is 2.83 bits per heavy atom. The van der Waals surface area contributed by atoms with Gasteiger partial charge < -0.3 is 9.08 Å². The van der Waals surface area contributed by atoms with E-state index in [0.717, 1.165) is 0 Å². The Morgan fingerprint density at radius 2 is 2.25 bits per heavy atom. The number of esters is 1. The van der Waals surface area contributed by atoms with Crippen LogP contribution in [0.25, 0.3) is 0 Å². The van der Waals surface area contributed by atoms with Crippen LogP contribution < -0.4 is 4.34 Å². The van der Waals surface area contributed by atoms with Crippen molar-refractivity contribution in [2.45, 2.75) is 0 Å². The molecule has 0 saturated carbocycles. The van der Waals surface area contributed by atoms with Gasteiger partial charge in [0.25, 0.3) is 0 Å². The first-order chi connectivity index (χ1) is 5.79. The van der Waals surface area contributed by atoms with Gasteiger partial charge in [0.1, 0.15) is 0 Å². The van der Waals surface area contributed by atoms with E-state index in [2.05, 4.69) is 35.2 Å². The summed E-state index contributed by atoms with van der Waals surface area (Å²) in [6.07, 6.45) is 2.89. The van der Waals surface area contributed by atoms with Crippen LogP contribution in [0.3, 0.4) is 0 Å². The van der Waals surface area contributed by atoms with Crippen molar-refractivity contribution in [3.63, 3.8) is 0 Å². The lowest BCUT2D eigenvalue weighted by molar-refractivity contribution is 0.0595. The molecule has 0 spiro atoms. The fourth-order valence-electron chi connectivity index (χ4n) is 0.653. The number of hydrogen-bond acceptors (Lipinski definition) is 5. The van der Waals surface area contributed by atoms with Crippen molar-refractivity contribution in [3.8, 4) is 0 Å². The highest BCUT2D eigenvalue weighted by molar-refractivity contribution is 9.10. The fourth-order valence-corrected chi connectivity index (χ4v) is 0.943. The number of nitrogens with one attached hydrogen (secondary N) is 1. The molecule has 64 valence electrons. The number of methoxy groups -OCH3 is 1. The normalized spacial score (nSPS) is 9.17. The number of carbonyl (C=O) groups excluding carboxylic acids is 1. The first-order valence-corrected chi connectivity index (χ1v) is 3.85. The van der Waals surface area contributed by atoms with Crippen LogP contribution in [0.5, 0.6) is 0 Å². The van der Waals surface area contributed by atoms with Gasteiger partial charge in [-0.25, -0.2) is 14.8 Å². The number of hydrogen-bond donors (Lipinski definition) is 1. The lowest BCUT2D eigenvalue weighted by Crippen LogP contribution is -2.07. The molecular formula is C6H6BrN3O2. The Hall–Kier alpha value is -1.17. The van der Waals surface area contributed by atoms with E-state index in [0.29, 0.717) is 5.82 Å². The molecule has 0 unspecified atom stereocenters. The van der Waals surface area contributed by atoms with Crippen LogP contribution in [0.1, 0.15) is 10.5 Å². The molecule has 0 atom stereocenters. The van der Waals surface area contributed by atoms with E-state index < -0.39 is 5.97 Å². The third-order valence-electron chi connectivity index (χ3n) is 1.17. The van der Waals surface area contributed by atoms with Crippen molar-refractivity contribution in [2.75, 3.05) is 11.5 Å². The van der Waals surface area contributed by atoms with E-state index in [4.69, 9.17) is 0 Å². The second kappa shape index (κ2) is 4.01. The summed E-state index contributed by atoms with van der Waals surface area (Å²) < 4.78 is 7.03. The largest absolute Gasteiger partial charge is 0.464 e. The first-order valence-electron chi connectivity index (χ1n) is 3.05. The van der Waals surface area contributed by atoms with Crippen molar-refractivity contribution in [2.24, 2.45) is 0 Å². The molecule has 0 bridgehead atoms. The maximum absolute atomic E-state index is 11.0. The molecule has 1 aromatic rings. The topological polar surface area (TPSA) is 64.1 Å². The van der Waals surface area contributed by atoms with Gasteiger partial charge in [-0.3, -0.25) is 0 Å². The van der Waals surface area contributed by atoms with Gasteiger partial charge in [-0.05, 0) is 0 Å². The van der Waals surface area contributed by atoms with E-state index in [9.17, 15) is 4.79 Å². The Bertz CT molecular complexity index is 292. The Kier molecular flexibility index (Phi) is 2.98. The average molecular weight is 232 g/mol. The molecule has 0 aliphatic rings. The van der Waals surface area contributed by atoms with Crippen LogP contribution in [-0.2, 0) is 4.74 Å². The van der Waals surface area contributed by atoms with Gasteiger partial charge in [-0.2, -0.15) is 0 Å². The lowest BCUT2D eigenvalue weighted by atomic mass is 10.4. The molecule has 0 aliphatic carbocycles. The van der Waals surface area contributed by atoms with Crippen molar-refractivity contribution in [3.05, 3.63) is 18.1 Å². The molecule has 0 radical (unpaired) electrons. The predicted molar refractivity (Wildman–Crippen MR) is 45.9 cm³/mol. The van der Waals surface area contributed by atoms with Gasteiger partial charge in [0.05, 0.1) is 7.11 Å². The number of anilines is 1. The molecular weight excluding hydrogens is 226 g/mol. The Morgan fingerprint density at radius 1 is 1.58 bits per heavy atom. The molecule has 0 fully saturated rings. The average Bonchev–Trinajstić information content (AvgIpc) is 2.16. The van der Waals surface area contributed by atoms with Crippen molar-refractivity contribution in [1.29, 1.82) is 0 Å². The summed E-state index contributed by atoms with van der Waals surface area (Å²) in [5, 5.41) is 0. The zero-order chi connectivity index (χ0) is 8.97. The van der Waals surface area contributed by atoms with Gasteiger partial charge in [0.15, 0.2) is 11.5 Å². The minimum Gasteiger partial charge on any atom is -0.464 e. The van der Waals surface area contributed by atoms with Gasteiger partial charge in [-0.1, -0.05) is 0 Å². The number of nitrogens with zero attached hydrogens (tertiary/aromatic N) is 2. The number of ether oxygens (including phenoxy) is 1. The van der Waals surface area contributed by atoms with Crippen LogP contribution in [-0.4, -0.2) is 23.0 Å². The minimum atomic E-state index is -0.523. The second-order valence-electron chi connectivity index (χ2n) is 1.84. The van der Waals surface area contributed by atoms with E-state index in [1.807, 2.05) is 0 Å². The zero-order valence-electron chi connectivity index (χ0n) is 6.24. The molecule has 1 aromatic heterocycles. The van der Waals surface area contributed by atoms with Gasteiger partial charge in [0, 0.05) is 28.5 Å². The highest BCUT2D eigenvalue weighted by Crippen LogP contribution is 2.10. The van der Waals surface area contributed by atoms with Gasteiger partial charge in [0.2, 0.25) is 0 Å². The van der Waals surface area contributed by atoms with E-state index >= 15 is 0 Å². The van der Waals surface area contributed by atoms with E-state index in [-0.39, 0.29) is 5.69 Å². The van der Waals surface area contributed by atoms with Gasteiger partial charge >= 0.3 is 5.97 Å². The maximum Gasteiger partial charge on any atom is 0.360 e. The summed E-state index contributed by atoms with van der Waals surface area (Å²) >= 11 is 2.95. The standard InChI is InChI=1S/C6H6BrN3O2/c1-12-6(11)4-5(10-7)9-3-2-8-4/h2-3H,1H3,(H,9,10). The smallest absolute Gasteiger partial charge is 0.360 e. The summed E-state index contributed by atoms with van der Waals surface area (Å²) in [4.78, 5) is 18.6. The molecule has 12 heavy (non-hydrogen) atoms. The fraction of sp³-hybridized carbons (Fsp3) is 0.167. The summed E-state index contributed by atoms with van der Waals surface area (Å²) in [6.45, 7) is 0. The molecule has 1 N–H and O–H groups in total. The van der Waals surface area contributed by atoms with Crippen LogP contribution in [0, 0.1) is 0 Å². The van der Waals surface area contributed by atoms with E-state index in [1.165, 1.54) is 19.5 Å². The molecule has 0 aliphatic heterocycles. The Labute approximate surface area is 77.5 Å². The van der Waals surface area contributed by atoms with Crippen LogP contribution >= 0.6 is 16.1 Å². The monoisotopic (exact) mass is 231 g/mol. The molecule has 1 heterocycles. The third-order valence-corrected chi connectivity index (χ3v) is 1.54. The molecule has 0 aromatic carbocycles. The summed E-state index contributed by atoms with van der Waals surface area (Å²) in [5.41, 5.74) is 0.150. The minimum absolute atomic E-state index is 0.150.